The van der Waals surface area contributed by atoms with E-state index >= 15 is 0 Å². The summed E-state index contributed by atoms with van der Waals surface area (Å²) < 4.78 is 0. The summed E-state index contributed by atoms with van der Waals surface area (Å²) in [4.78, 5) is 0. The molecule has 0 amide bonds. The molecule has 1 nitrogen and oxygen atoms in total. The van der Waals surface area contributed by atoms with Gasteiger partial charge in [-0.05, 0) is 88.8 Å². The minimum atomic E-state index is 0.0485. The summed E-state index contributed by atoms with van der Waals surface area (Å²) in [6.07, 6.45) is 0. The molecule has 0 saturated heterocycles. The van der Waals surface area contributed by atoms with Gasteiger partial charge in [-0.2, -0.15) is 0 Å². The van der Waals surface area contributed by atoms with E-state index in [9.17, 15) is 5.11 Å². The summed E-state index contributed by atoms with van der Waals surface area (Å²) >= 11 is 0. The van der Waals surface area contributed by atoms with E-state index in [1.165, 1.54) is 77.2 Å². The van der Waals surface area contributed by atoms with Crippen molar-refractivity contribution in [2.75, 3.05) is 0 Å². The van der Waals surface area contributed by atoms with E-state index in [0.29, 0.717) is 0 Å². The zero-order valence-corrected chi connectivity index (χ0v) is 21.9. The largest absolute Gasteiger partial charge is 0.392 e. The van der Waals surface area contributed by atoms with Gasteiger partial charge >= 0.3 is 0 Å². The van der Waals surface area contributed by atoms with Gasteiger partial charge in [-0.1, -0.05) is 133 Å². The maximum absolute atomic E-state index is 9.81. The average Bonchev–Trinajstić information content (AvgIpc) is 3.37. The van der Waals surface area contributed by atoms with Crippen LogP contribution >= 0.6 is 0 Å². The Morgan fingerprint density at radius 3 is 1.57 bits per heavy atom. The highest BCUT2D eigenvalue weighted by molar-refractivity contribution is 6.29. The van der Waals surface area contributed by atoms with Gasteiger partial charge in [-0.15, -0.1) is 0 Å². The van der Waals surface area contributed by atoms with E-state index in [1.807, 2.05) is 6.07 Å². The lowest BCUT2D eigenvalue weighted by atomic mass is 9.87. The number of fused-ring (bicyclic) bond motifs is 5. The van der Waals surface area contributed by atoms with E-state index in [-0.39, 0.29) is 6.61 Å². The monoisotopic (exact) mass is 510 g/mol. The molecule has 1 N–H and O–H groups in total. The van der Waals surface area contributed by atoms with Gasteiger partial charge in [0.2, 0.25) is 0 Å². The van der Waals surface area contributed by atoms with Gasteiger partial charge in [0.05, 0.1) is 6.61 Å². The highest BCUT2D eigenvalue weighted by Gasteiger charge is 2.26. The Hall–Kier alpha value is -4.98. The first-order valence-corrected chi connectivity index (χ1v) is 13.8. The average molecular weight is 511 g/mol. The molecule has 0 fully saturated rings. The lowest BCUT2D eigenvalue weighted by Gasteiger charge is -2.16. The van der Waals surface area contributed by atoms with Crippen LogP contribution in [0.5, 0.6) is 0 Å². The van der Waals surface area contributed by atoms with Crippen molar-refractivity contribution in [1.29, 1.82) is 0 Å². The van der Waals surface area contributed by atoms with E-state index in [4.69, 9.17) is 0 Å². The molecule has 0 bridgehead atoms. The van der Waals surface area contributed by atoms with Crippen LogP contribution in [0.25, 0.3) is 77.2 Å². The van der Waals surface area contributed by atoms with Crippen molar-refractivity contribution >= 4 is 21.5 Å². The first-order chi connectivity index (χ1) is 19.8. The Kier molecular flexibility index (Phi) is 5.19. The molecule has 0 unspecified atom stereocenters. The Morgan fingerprint density at radius 1 is 0.375 bits per heavy atom. The van der Waals surface area contributed by atoms with E-state index in [1.54, 1.807) is 0 Å². The van der Waals surface area contributed by atoms with Crippen LogP contribution < -0.4 is 0 Å². The van der Waals surface area contributed by atoms with Crippen LogP contribution in [0.1, 0.15) is 5.56 Å². The Labute approximate surface area is 233 Å². The molecular weight excluding hydrogens is 484 g/mol. The molecule has 0 radical (unpaired) electrons. The summed E-state index contributed by atoms with van der Waals surface area (Å²) in [6.45, 7) is 0.0485. The first-order valence-electron chi connectivity index (χ1n) is 13.8. The minimum absolute atomic E-state index is 0.0485. The second kappa shape index (κ2) is 9.05. The minimum Gasteiger partial charge on any atom is -0.392 e. The van der Waals surface area contributed by atoms with Crippen molar-refractivity contribution in [2.45, 2.75) is 6.61 Å². The fourth-order valence-corrected chi connectivity index (χ4v) is 6.49. The predicted molar refractivity (Wildman–Crippen MR) is 168 cm³/mol. The third-order valence-corrected chi connectivity index (χ3v) is 8.37. The lowest BCUT2D eigenvalue weighted by molar-refractivity contribution is 0.282. The molecule has 0 aliphatic heterocycles. The van der Waals surface area contributed by atoms with E-state index in [0.717, 1.165) is 5.56 Å². The summed E-state index contributed by atoms with van der Waals surface area (Å²) in [5.74, 6) is 0. The van der Waals surface area contributed by atoms with Crippen molar-refractivity contribution in [3.8, 4) is 55.6 Å². The van der Waals surface area contributed by atoms with Crippen molar-refractivity contribution in [3.63, 3.8) is 0 Å². The molecule has 8 rings (SSSR count). The zero-order chi connectivity index (χ0) is 26.6. The maximum atomic E-state index is 9.81. The molecule has 1 aliphatic rings. The topological polar surface area (TPSA) is 20.2 Å². The van der Waals surface area contributed by atoms with E-state index < -0.39 is 0 Å². The molecule has 0 aromatic heterocycles. The summed E-state index contributed by atoms with van der Waals surface area (Å²) in [6, 6.07) is 50.2. The van der Waals surface area contributed by atoms with Crippen molar-refractivity contribution in [2.24, 2.45) is 0 Å². The van der Waals surface area contributed by atoms with Crippen molar-refractivity contribution in [3.05, 3.63) is 145 Å². The van der Waals surface area contributed by atoms with Crippen LogP contribution in [0.2, 0.25) is 0 Å². The molecule has 0 heterocycles. The maximum Gasteiger partial charge on any atom is 0.0682 e. The molecular formula is C39H26O. The number of rotatable bonds is 4. The highest BCUT2D eigenvalue weighted by Crippen LogP contribution is 2.53. The standard InChI is InChI=1S/C39H26O/c40-24-25-13-22-34-36(23-25)33-11-6-12-35-37(31-9-4-5-10-32(31)38(34)39(33)35)30-20-18-29(19-21-30)28-16-14-27(15-17-28)26-7-2-1-3-8-26/h1-23,40H,24H2. The number of hydrogen-bond donors (Lipinski definition) is 1. The second-order valence-corrected chi connectivity index (χ2v) is 10.6. The molecule has 0 spiro atoms. The quantitative estimate of drug-likeness (QED) is 0.234. The van der Waals surface area contributed by atoms with Crippen LogP contribution in [0.15, 0.2) is 140 Å². The molecule has 7 aromatic rings. The normalized spacial score (nSPS) is 11.7. The summed E-state index contributed by atoms with van der Waals surface area (Å²) in [7, 11) is 0. The second-order valence-electron chi connectivity index (χ2n) is 10.6. The molecule has 188 valence electrons. The molecule has 1 heteroatoms. The van der Waals surface area contributed by atoms with Gasteiger partial charge in [-0.25, -0.2) is 0 Å². The van der Waals surface area contributed by atoms with Crippen LogP contribution in [-0.2, 0) is 6.61 Å². The molecule has 7 aromatic carbocycles. The molecule has 0 atom stereocenters. The number of aliphatic hydroxyl groups is 1. The summed E-state index contributed by atoms with van der Waals surface area (Å²) in [5, 5.41) is 14.9. The van der Waals surface area contributed by atoms with Crippen LogP contribution in [0.4, 0.5) is 0 Å². The SMILES string of the molecule is OCc1ccc2c(c1)-c1cccc3c(-c4ccc(-c5ccc(-c6ccccc6)cc5)cc4)c4ccccc4c-2c13. The highest BCUT2D eigenvalue weighted by atomic mass is 16.3. The summed E-state index contributed by atoms with van der Waals surface area (Å²) in [5.41, 5.74) is 13.3. The Bertz CT molecular complexity index is 2050. The Morgan fingerprint density at radius 2 is 0.925 bits per heavy atom. The molecule has 1 aliphatic carbocycles. The fourth-order valence-electron chi connectivity index (χ4n) is 6.49. The van der Waals surface area contributed by atoms with Crippen LogP contribution in [0.3, 0.4) is 0 Å². The predicted octanol–water partition coefficient (Wildman–Crippen LogP) is 10.1. The van der Waals surface area contributed by atoms with Gasteiger partial charge in [0.15, 0.2) is 0 Å². The van der Waals surface area contributed by atoms with Gasteiger partial charge in [0.25, 0.3) is 0 Å². The third kappa shape index (κ3) is 3.45. The van der Waals surface area contributed by atoms with Crippen molar-refractivity contribution < 1.29 is 5.11 Å². The van der Waals surface area contributed by atoms with Gasteiger partial charge in [-0.3, -0.25) is 0 Å². The lowest BCUT2D eigenvalue weighted by Crippen LogP contribution is -1.88. The van der Waals surface area contributed by atoms with Crippen molar-refractivity contribution in [1.82, 2.24) is 0 Å². The molecule has 40 heavy (non-hydrogen) atoms. The zero-order valence-electron chi connectivity index (χ0n) is 21.9. The number of benzene rings is 7. The number of hydrogen-bond acceptors (Lipinski definition) is 1. The fraction of sp³-hybridized carbons (Fsp3) is 0.0256. The molecule has 0 saturated carbocycles. The van der Waals surface area contributed by atoms with E-state index in [2.05, 4.69) is 133 Å². The van der Waals surface area contributed by atoms with Crippen LogP contribution in [-0.4, -0.2) is 5.11 Å². The third-order valence-electron chi connectivity index (χ3n) is 8.37. The number of aliphatic hydroxyl groups excluding tert-OH is 1. The van der Waals surface area contributed by atoms with Gasteiger partial charge in [0.1, 0.15) is 0 Å². The Balaban J connectivity index is 1.28. The smallest absolute Gasteiger partial charge is 0.0682 e. The first kappa shape index (κ1) is 23.0. The van der Waals surface area contributed by atoms with Gasteiger partial charge < -0.3 is 5.11 Å². The van der Waals surface area contributed by atoms with Gasteiger partial charge in [0, 0.05) is 0 Å². The van der Waals surface area contributed by atoms with Crippen LogP contribution in [0, 0.1) is 0 Å².